The molecule has 128 valence electrons. The highest BCUT2D eigenvalue weighted by molar-refractivity contribution is 7.89. The van der Waals surface area contributed by atoms with Crippen LogP contribution in [0.5, 0.6) is 0 Å². The molecule has 0 aromatic heterocycles. The molecule has 1 fully saturated rings. The second-order valence-electron chi connectivity index (χ2n) is 5.80. The molecule has 2 rings (SSSR count). The van der Waals surface area contributed by atoms with Crippen LogP contribution in [0.2, 0.25) is 5.02 Å². The van der Waals surface area contributed by atoms with E-state index in [0.717, 1.165) is 6.54 Å². The van der Waals surface area contributed by atoms with Crippen molar-refractivity contribution in [1.82, 2.24) is 14.9 Å². The van der Waals surface area contributed by atoms with Crippen molar-refractivity contribution in [3.05, 3.63) is 29.3 Å². The smallest absolute Gasteiger partial charge is 0.241 e. The summed E-state index contributed by atoms with van der Waals surface area (Å²) in [6, 6.07) is 5.58. The fraction of sp³-hybridized carbons (Fsp3) is 0.533. The number of carbonyl (C=O) groups excluding carboxylic acids is 1. The molecule has 0 spiro atoms. The summed E-state index contributed by atoms with van der Waals surface area (Å²) in [6.45, 7) is 2.78. The Bertz CT molecular complexity index is 644. The Labute approximate surface area is 142 Å². The third-order valence-corrected chi connectivity index (χ3v) is 5.59. The number of rotatable bonds is 8. The van der Waals surface area contributed by atoms with Crippen LogP contribution in [-0.2, 0) is 14.8 Å². The van der Waals surface area contributed by atoms with Crippen molar-refractivity contribution in [3.8, 4) is 0 Å². The Balaban J connectivity index is 1.83. The fourth-order valence-electron chi connectivity index (χ4n) is 2.17. The van der Waals surface area contributed by atoms with Crippen molar-refractivity contribution in [1.29, 1.82) is 0 Å². The average Bonchev–Trinajstić information content (AvgIpc) is 3.31. The number of hydrogen-bond acceptors (Lipinski definition) is 4. The monoisotopic (exact) mass is 359 g/mol. The third kappa shape index (κ3) is 5.46. The van der Waals surface area contributed by atoms with Crippen molar-refractivity contribution in [2.75, 3.05) is 20.1 Å². The second-order valence-corrected chi connectivity index (χ2v) is 7.95. The van der Waals surface area contributed by atoms with Crippen LogP contribution in [0, 0.1) is 0 Å². The number of amides is 1. The molecule has 0 aliphatic heterocycles. The summed E-state index contributed by atoms with van der Waals surface area (Å²) < 4.78 is 26.8. The lowest BCUT2D eigenvalue weighted by Gasteiger charge is -2.18. The summed E-state index contributed by atoms with van der Waals surface area (Å²) in [7, 11) is -1.72. The molecule has 0 heterocycles. The Morgan fingerprint density at radius 3 is 2.52 bits per heavy atom. The van der Waals surface area contributed by atoms with Crippen LogP contribution in [0.25, 0.3) is 0 Å². The molecule has 1 saturated carbocycles. The maximum atomic E-state index is 12.2. The summed E-state index contributed by atoms with van der Waals surface area (Å²) in [5.41, 5.74) is 0. The molecule has 0 saturated heterocycles. The van der Waals surface area contributed by atoms with E-state index in [1.54, 1.807) is 0 Å². The first-order valence-corrected chi connectivity index (χ1v) is 9.41. The molecule has 23 heavy (non-hydrogen) atoms. The van der Waals surface area contributed by atoms with Gasteiger partial charge in [0.15, 0.2) is 0 Å². The molecule has 1 aromatic carbocycles. The van der Waals surface area contributed by atoms with Gasteiger partial charge in [0.05, 0.1) is 10.9 Å². The van der Waals surface area contributed by atoms with Gasteiger partial charge in [0.2, 0.25) is 15.9 Å². The molecule has 0 radical (unpaired) electrons. The van der Waals surface area contributed by atoms with E-state index >= 15 is 0 Å². The second kappa shape index (κ2) is 7.61. The van der Waals surface area contributed by atoms with Gasteiger partial charge in [0.1, 0.15) is 0 Å². The molecule has 6 nitrogen and oxygen atoms in total. The molecular weight excluding hydrogens is 338 g/mol. The van der Waals surface area contributed by atoms with E-state index in [1.165, 1.54) is 44.0 Å². The van der Waals surface area contributed by atoms with Gasteiger partial charge in [-0.15, -0.1) is 0 Å². The first-order chi connectivity index (χ1) is 10.8. The predicted octanol–water partition coefficient (Wildman–Crippen LogP) is 1.22. The Kier molecular flexibility index (Phi) is 6.02. The number of halogens is 1. The molecule has 1 atom stereocenters. The van der Waals surface area contributed by atoms with Gasteiger partial charge >= 0.3 is 0 Å². The van der Waals surface area contributed by atoms with E-state index in [9.17, 15) is 13.2 Å². The van der Waals surface area contributed by atoms with Gasteiger partial charge in [-0.2, -0.15) is 4.72 Å². The summed E-state index contributed by atoms with van der Waals surface area (Å²) >= 11 is 5.74. The topological polar surface area (TPSA) is 78.5 Å². The minimum Gasteiger partial charge on any atom is -0.353 e. The molecule has 0 bridgehead atoms. The van der Waals surface area contributed by atoms with Gasteiger partial charge in [-0.3, -0.25) is 4.79 Å². The zero-order valence-electron chi connectivity index (χ0n) is 13.3. The van der Waals surface area contributed by atoms with E-state index in [2.05, 4.69) is 14.9 Å². The van der Waals surface area contributed by atoms with Crippen molar-refractivity contribution >= 4 is 27.5 Å². The molecular formula is C15H22ClN3O3S. The minimum atomic E-state index is -3.75. The standard InChI is InChI=1S/C15H22ClN3O3S/c1-11(15(20)17-9-10-19(2)13-5-6-13)18-23(21,22)14-7-3-12(16)4-8-14/h3-4,7-8,11,13,18H,5-6,9-10H2,1-2H3,(H,17,20)/t11-/m0/s1. The van der Waals surface area contributed by atoms with Gasteiger partial charge in [-0.25, -0.2) is 8.42 Å². The number of sulfonamides is 1. The molecule has 1 aliphatic carbocycles. The molecule has 8 heteroatoms. The van der Waals surface area contributed by atoms with Crippen molar-refractivity contribution in [2.45, 2.75) is 36.7 Å². The van der Waals surface area contributed by atoms with Crippen LogP contribution in [0.15, 0.2) is 29.2 Å². The Morgan fingerprint density at radius 1 is 1.35 bits per heavy atom. The van der Waals surface area contributed by atoms with Gasteiger partial charge in [-0.05, 0) is 51.1 Å². The van der Waals surface area contributed by atoms with Gasteiger partial charge < -0.3 is 10.2 Å². The molecule has 1 aromatic rings. The van der Waals surface area contributed by atoms with Crippen molar-refractivity contribution in [2.24, 2.45) is 0 Å². The van der Waals surface area contributed by atoms with Gasteiger partial charge in [-0.1, -0.05) is 11.6 Å². The Hall–Kier alpha value is -1.15. The molecule has 1 aliphatic rings. The van der Waals surface area contributed by atoms with Crippen molar-refractivity contribution in [3.63, 3.8) is 0 Å². The predicted molar refractivity (Wildman–Crippen MR) is 89.9 cm³/mol. The molecule has 1 amide bonds. The maximum absolute atomic E-state index is 12.2. The highest BCUT2D eigenvalue weighted by Crippen LogP contribution is 2.24. The quantitative estimate of drug-likeness (QED) is 0.731. The first-order valence-electron chi connectivity index (χ1n) is 7.55. The van der Waals surface area contributed by atoms with Gasteiger partial charge in [0.25, 0.3) is 0 Å². The van der Waals surface area contributed by atoms with Crippen LogP contribution in [-0.4, -0.2) is 51.4 Å². The fourth-order valence-corrected chi connectivity index (χ4v) is 3.50. The lowest BCUT2D eigenvalue weighted by Crippen LogP contribution is -2.46. The largest absolute Gasteiger partial charge is 0.353 e. The highest BCUT2D eigenvalue weighted by Gasteiger charge is 2.26. The van der Waals surface area contributed by atoms with Crippen LogP contribution >= 0.6 is 11.6 Å². The van der Waals surface area contributed by atoms with Crippen LogP contribution in [0.1, 0.15) is 19.8 Å². The number of benzene rings is 1. The lowest BCUT2D eigenvalue weighted by atomic mass is 10.3. The van der Waals surface area contributed by atoms with E-state index in [-0.39, 0.29) is 10.8 Å². The SMILES string of the molecule is C[C@H](NS(=O)(=O)c1ccc(Cl)cc1)C(=O)NCCN(C)C1CC1. The summed E-state index contributed by atoms with van der Waals surface area (Å²) in [5.74, 6) is -0.341. The number of nitrogens with zero attached hydrogens (tertiary/aromatic N) is 1. The number of nitrogens with one attached hydrogen (secondary N) is 2. The lowest BCUT2D eigenvalue weighted by molar-refractivity contribution is -0.122. The summed E-state index contributed by atoms with van der Waals surface area (Å²) in [5, 5.41) is 3.20. The summed E-state index contributed by atoms with van der Waals surface area (Å²) in [4.78, 5) is 14.3. The highest BCUT2D eigenvalue weighted by atomic mass is 35.5. The van der Waals surface area contributed by atoms with E-state index in [4.69, 9.17) is 11.6 Å². The van der Waals surface area contributed by atoms with Gasteiger partial charge in [0, 0.05) is 24.2 Å². The number of likely N-dealkylation sites (N-methyl/N-ethyl adjacent to an activating group) is 1. The number of hydrogen-bond donors (Lipinski definition) is 2. The van der Waals surface area contributed by atoms with Crippen LogP contribution < -0.4 is 10.0 Å². The van der Waals surface area contributed by atoms with E-state index in [0.29, 0.717) is 17.6 Å². The zero-order valence-corrected chi connectivity index (χ0v) is 14.8. The third-order valence-electron chi connectivity index (χ3n) is 3.78. The zero-order chi connectivity index (χ0) is 17.0. The normalized spacial score (nSPS) is 16.3. The molecule has 2 N–H and O–H groups in total. The summed E-state index contributed by atoms with van der Waals surface area (Å²) in [6.07, 6.45) is 2.42. The molecule has 0 unspecified atom stereocenters. The van der Waals surface area contributed by atoms with Crippen molar-refractivity contribution < 1.29 is 13.2 Å². The number of carbonyl (C=O) groups is 1. The van der Waals surface area contributed by atoms with E-state index in [1.807, 2.05) is 7.05 Å². The first kappa shape index (κ1) is 18.2. The Morgan fingerprint density at radius 2 is 1.96 bits per heavy atom. The minimum absolute atomic E-state index is 0.0787. The maximum Gasteiger partial charge on any atom is 0.241 e. The van der Waals surface area contributed by atoms with Crippen LogP contribution in [0.3, 0.4) is 0 Å². The van der Waals surface area contributed by atoms with Crippen LogP contribution in [0.4, 0.5) is 0 Å². The van der Waals surface area contributed by atoms with E-state index < -0.39 is 16.1 Å². The average molecular weight is 360 g/mol.